The molecule has 0 amide bonds. The Morgan fingerprint density at radius 2 is 1.74 bits per heavy atom. The van der Waals surface area contributed by atoms with Crippen molar-refractivity contribution in [1.82, 2.24) is 0 Å². The summed E-state index contributed by atoms with van der Waals surface area (Å²) in [6.07, 6.45) is 12.9. The summed E-state index contributed by atoms with van der Waals surface area (Å²) < 4.78 is 1.73. The Hall–Kier alpha value is -0.157. The Balaban J connectivity index is 2.65. The van der Waals surface area contributed by atoms with Crippen LogP contribution >= 0.6 is 0 Å². The SMILES string of the molecule is CCC1=[C]([Zr])C(CC)(C2=CC=CC2)C(CC)=C1CC. The van der Waals surface area contributed by atoms with Gasteiger partial charge in [0.2, 0.25) is 0 Å². The number of allylic oxidation sites excluding steroid dienone is 8. The van der Waals surface area contributed by atoms with Crippen molar-refractivity contribution in [3.8, 4) is 0 Å². The first-order chi connectivity index (χ1) is 9.17. The van der Waals surface area contributed by atoms with Crippen LogP contribution in [-0.2, 0) is 24.7 Å². The molecule has 0 aliphatic heterocycles. The van der Waals surface area contributed by atoms with Crippen LogP contribution in [0.2, 0.25) is 0 Å². The molecule has 101 valence electrons. The van der Waals surface area contributed by atoms with E-state index in [0.717, 1.165) is 6.42 Å². The molecule has 0 aromatic rings. The molecule has 1 heteroatoms. The van der Waals surface area contributed by atoms with E-state index in [9.17, 15) is 0 Å². The van der Waals surface area contributed by atoms with E-state index in [0.29, 0.717) is 0 Å². The first-order valence-electron chi connectivity index (χ1n) is 7.71. The fourth-order valence-electron chi connectivity index (χ4n) is 4.07. The topological polar surface area (TPSA) is 0 Å². The molecule has 0 bridgehead atoms. The van der Waals surface area contributed by atoms with Gasteiger partial charge in [-0.2, -0.15) is 0 Å². The summed E-state index contributed by atoms with van der Waals surface area (Å²) in [4.78, 5) is 0. The average molecular weight is 333 g/mol. The molecular weight excluding hydrogens is 307 g/mol. The molecule has 0 N–H and O–H groups in total. The molecule has 0 heterocycles. The van der Waals surface area contributed by atoms with E-state index in [2.05, 4.69) is 45.9 Å². The van der Waals surface area contributed by atoms with Crippen LogP contribution in [0, 0.1) is 5.41 Å². The van der Waals surface area contributed by atoms with Crippen LogP contribution in [0.15, 0.2) is 43.8 Å². The van der Waals surface area contributed by atoms with Gasteiger partial charge in [-0.15, -0.1) is 0 Å². The zero-order chi connectivity index (χ0) is 14.0. The van der Waals surface area contributed by atoms with Gasteiger partial charge in [0.05, 0.1) is 0 Å². The van der Waals surface area contributed by atoms with Crippen molar-refractivity contribution in [2.45, 2.75) is 59.8 Å². The quantitative estimate of drug-likeness (QED) is 0.614. The second-order valence-electron chi connectivity index (χ2n) is 5.45. The minimum atomic E-state index is 0.285. The van der Waals surface area contributed by atoms with Crippen LogP contribution in [0.1, 0.15) is 59.8 Å². The van der Waals surface area contributed by atoms with E-state index in [1.165, 1.54) is 25.7 Å². The number of hydrogen-bond acceptors (Lipinski definition) is 0. The van der Waals surface area contributed by atoms with Crippen molar-refractivity contribution in [3.63, 3.8) is 0 Å². The fraction of sp³-hybridized carbons (Fsp3) is 0.556. The minimum absolute atomic E-state index is 0.285. The van der Waals surface area contributed by atoms with Gasteiger partial charge in [0, 0.05) is 0 Å². The van der Waals surface area contributed by atoms with Gasteiger partial charge in [0.1, 0.15) is 0 Å². The van der Waals surface area contributed by atoms with E-state index in [-0.39, 0.29) is 5.41 Å². The van der Waals surface area contributed by atoms with Crippen molar-refractivity contribution in [3.05, 3.63) is 43.8 Å². The molecule has 0 radical (unpaired) electrons. The summed E-state index contributed by atoms with van der Waals surface area (Å²) in [5.41, 5.74) is 7.04. The number of rotatable bonds is 5. The third-order valence-electron chi connectivity index (χ3n) is 4.88. The monoisotopic (exact) mass is 331 g/mol. The Labute approximate surface area is 133 Å². The van der Waals surface area contributed by atoms with Gasteiger partial charge in [0.25, 0.3) is 0 Å². The van der Waals surface area contributed by atoms with Gasteiger partial charge in [0.15, 0.2) is 0 Å². The van der Waals surface area contributed by atoms with Gasteiger partial charge >= 0.3 is 134 Å². The van der Waals surface area contributed by atoms with E-state index in [4.69, 9.17) is 0 Å². The molecule has 2 rings (SSSR count). The van der Waals surface area contributed by atoms with Crippen LogP contribution in [0.25, 0.3) is 0 Å². The second kappa shape index (κ2) is 6.08. The molecule has 0 aromatic heterocycles. The second-order valence-corrected chi connectivity index (χ2v) is 6.68. The third-order valence-corrected chi connectivity index (χ3v) is 6.67. The maximum absolute atomic E-state index is 2.38. The predicted octanol–water partition coefficient (Wildman–Crippen LogP) is 5.61. The van der Waals surface area contributed by atoms with Crippen LogP contribution in [0.5, 0.6) is 0 Å². The average Bonchev–Trinajstić information content (AvgIpc) is 3.03. The molecule has 0 fully saturated rings. The zero-order valence-electron chi connectivity index (χ0n) is 12.8. The van der Waals surface area contributed by atoms with Gasteiger partial charge < -0.3 is 0 Å². The first-order valence-corrected chi connectivity index (χ1v) is 8.94. The Morgan fingerprint density at radius 3 is 2.16 bits per heavy atom. The molecule has 0 nitrogen and oxygen atoms in total. The maximum atomic E-state index is 2.38. The predicted molar refractivity (Wildman–Crippen MR) is 79.5 cm³/mol. The van der Waals surface area contributed by atoms with Crippen LogP contribution in [0.3, 0.4) is 0 Å². The molecule has 0 spiro atoms. The Kier molecular flexibility index (Phi) is 4.88. The van der Waals surface area contributed by atoms with Crippen LogP contribution in [0.4, 0.5) is 0 Å². The summed E-state index contributed by atoms with van der Waals surface area (Å²) in [6.45, 7) is 9.39. The normalized spacial score (nSPS) is 26.6. The van der Waals surface area contributed by atoms with Gasteiger partial charge in [-0.25, -0.2) is 0 Å². The number of hydrogen-bond donors (Lipinski definition) is 0. The molecule has 1 unspecified atom stereocenters. The molecular formula is C18H25Zr. The molecule has 0 saturated heterocycles. The van der Waals surface area contributed by atoms with Gasteiger partial charge in [-0.05, 0) is 0 Å². The Bertz CT molecular complexity index is 488. The molecule has 19 heavy (non-hydrogen) atoms. The van der Waals surface area contributed by atoms with Crippen molar-refractivity contribution in [2.24, 2.45) is 5.41 Å². The summed E-state index contributed by atoms with van der Waals surface area (Å²) >= 11 is 1.62. The Morgan fingerprint density at radius 1 is 1.05 bits per heavy atom. The van der Waals surface area contributed by atoms with Crippen molar-refractivity contribution < 1.29 is 24.7 Å². The molecule has 1 atom stereocenters. The van der Waals surface area contributed by atoms with E-state index in [1.807, 2.05) is 0 Å². The van der Waals surface area contributed by atoms with Crippen LogP contribution in [-0.4, -0.2) is 0 Å². The summed E-state index contributed by atoms with van der Waals surface area (Å²) in [6, 6.07) is 0. The molecule has 2 aliphatic carbocycles. The molecule has 2 aliphatic rings. The molecule has 0 saturated carbocycles. The fourth-order valence-corrected chi connectivity index (χ4v) is 6.07. The summed E-state index contributed by atoms with van der Waals surface area (Å²) in [5.74, 6) is 0. The third kappa shape index (κ3) is 2.13. The van der Waals surface area contributed by atoms with Gasteiger partial charge in [-0.1, -0.05) is 0 Å². The summed E-state index contributed by atoms with van der Waals surface area (Å²) in [7, 11) is 0. The van der Waals surface area contributed by atoms with Crippen molar-refractivity contribution in [1.29, 1.82) is 0 Å². The van der Waals surface area contributed by atoms with Crippen molar-refractivity contribution >= 4 is 0 Å². The summed E-state index contributed by atoms with van der Waals surface area (Å²) in [5, 5.41) is 0. The standard InChI is InChI=1S/C18H25.Zr/c1-5-14-13-18(8-4,15-11-9-10-12-15)17(7-3)16(14)6-2;/h9-11H,5-8,12H2,1-4H3;. The van der Waals surface area contributed by atoms with Crippen LogP contribution < -0.4 is 0 Å². The zero-order valence-corrected chi connectivity index (χ0v) is 15.2. The van der Waals surface area contributed by atoms with E-state index < -0.39 is 0 Å². The molecule has 0 aromatic carbocycles. The van der Waals surface area contributed by atoms with E-state index in [1.54, 1.807) is 50.3 Å². The van der Waals surface area contributed by atoms with Crippen molar-refractivity contribution in [2.75, 3.05) is 0 Å². The first kappa shape index (κ1) is 15.2. The van der Waals surface area contributed by atoms with Gasteiger partial charge in [-0.3, -0.25) is 0 Å². The van der Waals surface area contributed by atoms with E-state index >= 15 is 0 Å².